The van der Waals surface area contributed by atoms with Crippen LogP contribution in [-0.4, -0.2) is 10.9 Å². The van der Waals surface area contributed by atoms with Gasteiger partial charge in [-0.1, -0.05) is 24.3 Å². The Bertz CT molecular complexity index is 1000. The second-order valence-electron chi connectivity index (χ2n) is 5.91. The number of para-hydroxylation sites is 1. The molecule has 0 bridgehead atoms. The number of aryl methyl sites for hydroxylation is 1. The van der Waals surface area contributed by atoms with E-state index >= 15 is 0 Å². The third kappa shape index (κ3) is 3.70. The zero-order chi connectivity index (χ0) is 18.5. The summed E-state index contributed by atoms with van der Waals surface area (Å²) in [5.74, 6) is -0.364. The summed E-state index contributed by atoms with van der Waals surface area (Å²) >= 11 is 0. The molecule has 128 valence electrons. The standard InChI is InChI=1S/C21H18N4O/c1-14-6-5-9-18(15(14)2)24-17-10-11-23-20(12-17)21(26)25-19-8-4-3-7-16(19)13-22/h3-12H,1-2H3,(H,23,24)(H,25,26). The second-order valence-corrected chi connectivity index (χ2v) is 5.91. The summed E-state index contributed by atoms with van der Waals surface area (Å²) in [4.78, 5) is 16.6. The molecule has 1 amide bonds. The topological polar surface area (TPSA) is 77.8 Å². The Labute approximate surface area is 152 Å². The van der Waals surface area contributed by atoms with Crippen LogP contribution in [0.5, 0.6) is 0 Å². The van der Waals surface area contributed by atoms with Crippen molar-refractivity contribution in [3.05, 3.63) is 83.2 Å². The lowest BCUT2D eigenvalue weighted by Gasteiger charge is -2.12. The molecule has 0 aliphatic rings. The van der Waals surface area contributed by atoms with Crippen LogP contribution in [-0.2, 0) is 0 Å². The first-order chi connectivity index (χ1) is 12.6. The molecule has 0 fully saturated rings. The van der Waals surface area contributed by atoms with E-state index < -0.39 is 0 Å². The Hall–Kier alpha value is -3.65. The van der Waals surface area contributed by atoms with Gasteiger partial charge in [0.25, 0.3) is 5.91 Å². The van der Waals surface area contributed by atoms with E-state index in [0.29, 0.717) is 11.3 Å². The summed E-state index contributed by atoms with van der Waals surface area (Å²) in [6, 6.07) is 18.4. The fraction of sp³-hybridized carbons (Fsp3) is 0.0952. The van der Waals surface area contributed by atoms with Crippen molar-refractivity contribution in [3.8, 4) is 6.07 Å². The molecular weight excluding hydrogens is 324 g/mol. The molecule has 2 N–H and O–H groups in total. The van der Waals surface area contributed by atoms with Gasteiger partial charge in [0.2, 0.25) is 0 Å². The molecule has 3 rings (SSSR count). The van der Waals surface area contributed by atoms with Crippen molar-refractivity contribution in [2.45, 2.75) is 13.8 Å². The Morgan fingerprint density at radius 1 is 1.04 bits per heavy atom. The van der Waals surface area contributed by atoms with Gasteiger partial charge in [-0.25, -0.2) is 0 Å². The van der Waals surface area contributed by atoms with Crippen molar-refractivity contribution in [2.75, 3.05) is 10.6 Å². The molecule has 5 heteroatoms. The highest BCUT2D eigenvalue weighted by molar-refractivity contribution is 6.04. The zero-order valence-corrected chi connectivity index (χ0v) is 14.6. The average molecular weight is 342 g/mol. The maximum absolute atomic E-state index is 12.5. The minimum Gasteiger partial charge on any atom is -0.355 e. The Balaban J connectivity index is 1.82. The molecule has 0 aliphatic carbocycles. The van der Waals surface area contributed by atoms with E-state index in [1.54, 1.807) is 36.5 Å². The normalized spacial score (nSPS) is 10.0. The van der Waals surface area contributed by atoms with Crippen molar-refractivity contribution < 1.29 is 4.79 Å². The lowest BCUT2D eigenvalue weighted by atomic mass is 10.1. The van der Waals surface area contributed by atoms with Gasteiger partial charge in [0.1, 0.15) is 11.8 Å². The number of amides is 1. The van der Waals surface area contributed by atoms with Gasteiger partial charge in [0.15, 0.2) is 0 Å². The molecule has 3 aromatic rings. The third-order valence-electron chi connectivity index (χ3n) is 4.17. The molecule has 0 aliphatic heterocycles. The number of aromatic nitrogens is 1. The van der Waals surface area contributed by atoms with Gasteiger partial charge < -0.3 is 10.6 Å². The molecule has 5 nitrogen and oxygen atoms in total. The predicted molar refractivity (Wildman–Crippen MR) is 103 cm³/mol. The highest BCUT2D eigenvalue weighted by atomic mass is 16.1. The summed E-state index contributed by atoms with van der Waals surface area (Å²) in [5.41, 5.74) is 5.24. The van der Waals surface area contributed by atoms with E-state index in [0.717, 1.165) is 16.9 Å². The van der Waals surface area contributed by atoms with Crippen molar-refractivity contribution >= 4 is 23.0 Å². The summed E-state index contributed by atoms with van der Waals surface area (Å²) in [5, 5.41) is 15.2. The first kappa shape index (κ1) is 17.2. The molecule has 1 aromatic heterocycles. The van der Waals surface area contributed by atoms with Crippen LogP contribution in [0.2, 0.25) is 0 Å². The van der Waals surface area contributed by atoms with Gasteiger partial charge in [-0.2, -0.15) is 5.26 Å². The lowest BCUT2D eigenvalue weighted by Crippen LogP contribution is -2.14. The molecule has 0 saturated heterocycles. The monoisotopic (exact) mass is 342 g/mol. The van der Waals surface area contributed by atoms with E-state index in [2.05, 4.69) is 34.7 Å². The number of pyridine rings is 1. The Kier molecular flexibility index (Phi) is 4.95. The SMILES string of the molecule is Cc1cccc(Nc2ccnc(C(=O)Nc3ccccc3C#N)c2)c1C. The average Bonchev–Trinajstić information content (AvgIpc) is 2.66. The van der Waals surface area contributed by atoms with Gasteiger partial charge in [0, 0.05) is 17.6 Å². The Morgan fingerprint density at radius 2 is 1.81 bits per heavy atom. The van der Waals surface area contributed by atoms with E-state index in [1.165, 1.54) is 5.56 Å². The van der Waals surface area contributed by atoms with Gasteiger partial charge in [0.05, 0.1) is 11.3 Å². The zero-order valence-electron chi connectivity index (χ0n) is 14.6. The van der Waals surface area contributed by atoms with Gasteiger partial charge in [-0.05, 0) is 55.3 Å². The summed E-state index contributed by atoms with van der Waals surface area (Å²) < 4.78 is 0. The molecule has 2 aromatic carbocycles. The fourth-order valence-corrected chi connectivity index (χ4v) is 2.55. The van der Waals surface area contributed by atoms with Crippen LogP contribution in [0.15, 0.2) is 60.8 Å². The summed E-state index contributed by atoms with van der Waals surface area (Å²) in [6.45, 7) is 4.10. The fourth-order valence-electron chi connectivity index (χ4n) is 2.55. The van der Waals surface area contributed by atoms with E-state index in [-0.39, 0.29) is 11.6 Å². The second kappa shape index (κ2) is 7.49. The molecule has 26 heavy (non-hydrogen) atoms. The third-order valence-corrected chi connectivity index (χ3v) is 4.17. The van der Waals surface area contributed by atoms with Crippen LogP contribution >= 0.6 is 0 Å². The minimum atomic E-state index is -0.364. The predicted octanol–water partition coefficient (Wildman–Crippen LogP) is 4.57. The van der Waals surface area contributed by atoms with Crippen molar-refractivity contribution in [3.63, 3.8) is 0 Å². The number of nitriles is 1. The van der Waals surface area contributed by atoms with Crippen LogP contribution in [0.4, 0.5) is 17.1 Å². The smallest absolute Gasteiger partial charge is 0.274 e. The maximum atomic E-state index is 12.5. The van der Waals surface area contributed by atoms with Crippen molar-refractivity contribution in [1.29, 1.82) is 5.26 Å². The lowest BCUT2D eigenvalue weighted by molar-refractivity contribution is 0.102. The number of nitrogens with zero attached hydrogens (tertiary/aromatic N) is 2. The number of carbonyl (C=O) groups excluding carboxylic acids is 1. The number of anilines is 3. The molecular formula is C21H18N4O. The van der Waals surface area contributed by atoms with Crippen molar-refractivity contribution in [1.82, 2.24) is 4.98 Å². The number of rotatable bonds is 4. The van der Waals surface area contributed by atoms with Crippen molar-refractivity contribution in [2.24, 2.45) is 0 Å². The van der Waals surface area contributed by atoms with Crippen LogP contribution < -0.4 is 10.6 Å². The molecule has 0 radical (unpaired) electrons. The molecule has 0 unspecified atom stereocenters. The largest absolute Gasteiger partial charge is 0.355 e. The van der Waals surface area contributed by atoms with Crippen LogP contribution in [0.3, 0.4) is 0 Å². The summed E-state index contributed by atoms with van der Waals surface area (Å²) in [7, 11) is 0. The molecule has 0 saturated carbocycles. The number of carbonyl (C=O) groups is 1. The summed E-state index contributed by atoms with van der Waals surface area (Å²) in [6.07, 6.45) is 1.58. The van der Waals surface area contributed by atoms with Gasteiger partial charge in [-0.15, -0.1) is 0 Å². The van der Waals surface area contributed by atoms with E-state index in [9.17, 15) is 4.79 Å². The van der Waals surface area contributed by atoms with Gasteiger partial charge >= 0.3 is 0 Å². The Morgan fingerprint density at radius 3 is 2.62 bits per heavy atom. The highest BCUT2D eigenvalue weighted by Crippen LogP contribution is 2.23. The molecule has 1 heterocycles. The van der Waals surface area contributed by atoms with E-state index in [1.807, 2.05) is 25.1 Å². The van der Waals surface area contributed by atoms with Crippen LogP contribution in [0.25, 0.3) is 0 Å². The quantitative estimate of drug-likeness (QED) is 0.728. The number of benzene rings is 2. The van der Waals surface area contributed by atoms with Crippen LogP contribution in [0.1, 0.15) is 27.2 Å². The number of hydrogen-bond donors (Lipinski definition) is 2. The maximum Gasteiger partial charge on any atom is 0.274 e. The molecule has 0 spiro atoms. The minimum absolute atomic E-state index is 0.271. The van der Waals surface area contributed by atoms with Gasteiger partial charge in [-0.3, -0.25) is 9.78 Å². The van der Waals surface area contributed by atoms with E-state index in [4.69, 9.17) is 5.26 Å². The number of nitrogens with one attached hydrogen (secondary N) is 2. The first-order valence-electron chi connectivity index (χ1n) is 8.18. The molecule has 0 atom stereocenters. The highest BCUT2D eigenvalue weighted by Gasteiger charge is 2.11. The van der Waals surface area contributed by atoms with Crippen LogP contribution in [0, 0.1) is 25.2 Å². The number of hydrogen-bond acceptors (Lipinski definition) is 4. The first-order valence-corrected chi connectivity index (χ1v) is 8.18.